The largest absolute Gasteiger partial charge is 0.359 e. The lowest BCUT2D eigenvalue weighted by Crippen LogP contribution is -2.29. The van der Waals surface area contributed by atoms with E-state index < -0.39 is 10.0 Å². The number of nitrogens with one attached hydrogen (secondary N) is 2. The normalized spacial score (nSPS) is 11.1. The SMILES string of the molecule is CCC(=O)c1cccc(S(=O)(=O)NCCC(=O)NC)c1. The van der Waals surface area contributed by atoms with Gasteiger partial charge < -0.3 is 5.32 Å². The second kappa shape index (κ2) is 7.16. The van der Waals surface area contributed by atoms with E-state index in [2.05, 4.69) is 10.0 Å². The van der Waals surface area contributed by atoms with Gasteiger partial charge in [-0.3, -0.25) is 9.59 Å². The van der Waals surface area contributed by atoms with E-state index in [9.17, 15) is 18.0 Å². The molecular weight excluding hydrogens is 280 g/mol. The first-order valence-corrected chi connectivity index (χ1v) is 7.72. The molecule has 2 N–H and O–H groups in total. The standard InChI is InChI=1S/C13H18N2O4S/c1-3-12(16)10-5-4-6-11(9-10)20(18,19)15-8-7-13(17)14-2/h4-6,9,15H,3,7-8H2,1-2H3,(H,14,17). The highest BCUT2D eigenvalue weighted by molar-refractivity contribution is 7.89. The second-order valence-electron chi connectivity index (χ2n) is 4.13. The van der Waals surface area contributed by atoms with Gasteiger partial charge in [-0.05, 0) is 12.1 Å². The number of carbonyl (C=O) groups excluding carboxylic acids is 2. The third-order valence-electron chi connectivity index (χ3n) is 2.71. The number of Topliss-reactive ketones (excluding diaryl/α,β-unsaturated/α-hetero) is 1. The number of rotatable bonds is 7. The van der Waals surface area contributed by atoms with Crippen LogP contribution in [0.1, 0.15) is 30.1 Å². The molecule has 0 atom stereocenters. The van der Waals surface area contributed by atoms with Crippen LogP contribution in [0.15, 0.2) is 29.2 Å². The number of ketones is 1. The van der Waals surface area contributed by atoms with Gasteiger partial charge in [-0.1, -0.05) is 19.1 Å². The van der Waals surface area contributed by atoms with E-state index in [-0.39, 0.29) is 29.6 Å². The highest BCUT2D eigenvalue weighted by Gasteiger charge is 2.15. The molecule has 0 fully saturated rings. The van der Waals surface area contributed by atoms with E-state index in [0.717, 1.165) is 0 Å². The van der Waals surface area contributed by atoms with Crippen molar-refractivity contribution in [2.24, 2.45) is 0 Å². The van der Waals surface area contributed by atoms with Crippen molar-refractivity contribution < 1.29 is 18.0 Å². The van der Waals surface area contributed by atoms with Crippen LogP contribution in [0, 0.1) is 0 Å². The lowest BCUT2D eigenvalue weighted by Gasteiger charge is -2.07. The smallest absolute Gasteiger partial charge is 0.240 e. The molecule has 0 aromatic heterocycles. The van der Waals surface area contributed by atoms with Crippen LogP contribution in [-0.4, -0.2) is 33.7 Å². The van der Waals surface area contributed by atoms with Crippen LogP contribution >= 0.6 is 0 Å². The number of amides is 1. The van der Waals surface area contributed by atoms with E-state index in [1.54, 1.807) is 13.0 Å². The van der Waals surface area contributed by atoms with Crippen LogP contribution in [0.5, 0.6) is 0 Å². The molecular formula is C13H18N2O4S. The topological polar surface area (TPSA) is 92.3 Å². The first-order chi connectivity index (χ1) is 9.40. The average Bonchev–Trinajstić information content (AvgIpc) is 2.46. The summed E-state index contributed by atoms with van der Waals surface area (Å²) in [4.78, 5) is 22.6. The van der Waals surface area contributed by atoms with Crippen LogP contribution in [0.2, 0.25) is 0 Å². The quantitative estimate of drug-likeness (QED) is 0.725. The van der Waals surface area contributed by atoms with Crippen molar-refractivity contribution in [3.05, 3.63) is 29.8 Å². The molecule has 0 bridgehead atoms. The predicted molar refractivity (Wildman–Crippen MR) is 74.9 cm³/mol. The maximum atomic E-state index is 12.0. The van der Waals surface area contributed by atoms with Crippen molar-refractivity contribution in [1.29, 1.82) is 0 Å². The minimum atomic E-state index is -3.71. The lowest BCUT2D eigenvalue weighted by atomic mass is 10.1. The number of sulfonamides is 1. The molecule has 0 heterocycles. The fraction of sp³-hybridized carbons (Fsp3) is 0.385. The Balaban J connectivity index is 2.82. The molecule has 7 heteroatoms. The first kappa shape index (κ1) is 16.3. The number of benzene rings is 1. The molecule has 0 radical (unpaired) electrons. The van der Waals surface area contributed by atoms with E-state index >= 15 is 0 Å². The van der Waals surface area contributed by atoms with Gasteiger partial charge in [-0.25, -0.2) is 13.1 Å². The molecule has 0 aliphatic rings. The van der Waals surface area contributed by atoms with Crippen molar-refractivity contribution in [2.75, 3.05) is 13.6 Å². The minimum absolute atomic E-state index is 0.00790. The molecule has 110 valence electrons. The van der Waals surface area contributed by atoms with Gasteiger partial charge in [-0.2, -0.15) is 0 Å². The number of hydrogen-bond acceptors (Lipinski definition) is 4. The van der Waals surface area contributed by atoms with Crippen LogP contribution < -0.4 is 10.0 Å². The molecule has 0 saturated carbocycles. The molecule has 0 aliphatic carbocycles. The fourth-order valence-electron chi connectivity index (χ4n) is 1.55. The summed E-state index contributed by atoms with van der Waals surface area (Å²) in [5.41, 5.74) is 0.363. The summed E-state index contributed by atoms with van der Waals surface area (Å²) in [7, 11) is -2.23. The third kappa shape index (κ3) is 4.43. The molecule has 6 nitrogen and oxygen atoms in total. The van der Waals surface area contributed by atoms with Gasteiger partial charge in [-0.15, -0.1) is 0 Å². The van der Waals surface area contributed by atoms with Gasteiger partial charge in [0.25, 0.3) is 0 Å². The highest BCUT2D eigenvalue weighted by atomic mass is 32.2. The Labute approximate surface area is 118 Å². The van der Waals surface area contributed by atoms with Crippen LogP contribution in [0.4, 0.5) is 0 Å². The zero-order chi connectivity index (χ0) is 15.2. The van der Waals surface area contributed by atoms with E-state index in [4.69, 9.17) is 0 Å². The molecule has 1 aromatic rings. The predicted octanol–water partition coefficient (Wildman–Crippen LogP) is 0.694. The fourth-order valence-corrected chi connectivity index (χ4v) is 2.63. The minimum Gasteiger partial charge on any atom is -0.359 e. The Hall–Kier alpha value is -1.73. The van der Waals surface area contributed by atoms with E-state index in [1.807, 2.05) is 0 Å². The Bertz CT molecular complexity index is 596. The Morgan fingerprint density at radius 2 is 1.95 bits per heavy atom. The van der Waals surface area contributed by atoms with Crippen molar-refractivity contribution in [3.8, 4) is 0 Å². The van der Waals surface area contributed by atoms with Gasteiger partial charge in [0.2, 0.25) is 15.9 Å². The van der Waals surface area contributed by atoms with Gasteiger partial charge in [0.05, 0.1) is 4.90 Å². The molecule has 1 aromatic carbocycles. The van der Waals surface area contributed by atoms with Crippen LogP contribution in [-0.2, 0) is 14.8 Å². The number of carbonyl (C=O) groups is 2. The summed E-state index contributed by atoms with van der Waals surface area (Å²) in [6, 6.07) is 5.86. The zero-order valence-corrected chi connectivity index (χ0v) is 12.3. The van der Waals surface area contributed by atoms with Gasteiger partial charge in [0.1, 0.15) is 0 Å². The van der Waals surface area contributed by atoms with Crippen molar-refractivity contribution >= 4 is 21.7 Å². The summed E-state index contributed by atoms with van der Waals surface area (Å²) in [6.45, 7) is 1.72. The maximum absolute atomic E-state index is 12.0. The van der Waals surface area contributed by atoms with Gasteiger partial charge >= 0.3 is 0 Å². The monoisotopic (exact) mass is 298 g/mol. The Kier molecular flexibility index (Phi) is 5.84. The van der Waals surface area contributed by atoms with E-state index in [1.165, 1.54) is 25.2 Å². The van der Waals surface area contributed by atoms with Gasteiger partial charge in [0, 0.05) is 32.0 Å². The molecule has 1 rings (SSSR count). The van der Waals surface area contributed by atoms with Crippen LogP contribution in [0.25, 0.3) is 0 Å². The zero-order valence-electron chi connectivity index (χ0n) is 11.5. The molecule has 0 saturated heterocycles. The summed E-state index contributed by atoms with van der Waals surface area (Å²) < 4.78 is 26.3. The highest BCUT2D eigenvalue weighted by Crippen LogP contribution is 2.12. The van der Waals surface area contributed by atoms with Crippen LogP contribution in [0.3, 0.4) is 0 Å². The third-order valence-corrected chi connectivity index (χ3v) is 4.17. The van der Waals surface area contributed by atoms with E-state index in [0.29, 0.717) is 12.0 Å². The molecule has 0 unspecified atom stereocenters. The summed E-state index contributed by atoms with van der Waals surface area (Å²) in [6.07, 6.45) is 0.372. The lowest BCUT2D eigenvalue weighted by molar-refractivity contribution is -0.120. The van der Waals surface area contributed by atoms with Crippen molar-refractivity contribution in [2.45, 2.75) is 24.7 Å². The van der Waals surface area contributed by atoms with Gasteiger partial charge in [0.15, 0.2) is 5.78 Å². The van der Waals surface area contributed by atoms with Crippen molar-refractivity contribution in [3.63, 3.8) is 0 Å². The summed E-state index contributed by atoms with van der Waals surface area (Å²) in [5, 5.41) is 2.40. The Morgan fingerprint density at radius 1 is 1.25 bits per heavy atom. The second-order valence-corrected chi connectivity index (χ2v) is 5.89. The molecule has 0 spiro atoms. The molecule has 20 heavy (non-hydrogen) atoms. The number of hydrogen-bond donors (Lipinski definition) is 2. The maximum Gasteiger partial charge on any atom is 0.240 e. The summed E-state index contributed by atoms with van der Waals surface area (Å²) in [5.74, 6) is -0.366. The first-order valence-electron chi connectivity index (χ1n) is 6.24. The average molecular weight is 298 g/mol. The molecule has 1 amide bonds. The Morgan fingerprint density at radius 3 is 2.55 bits per heavy atom. The molecule has 0 aliphatic heterocycles. The van der Waals surface area contributed by atoms with Crippen molar-refractivity contribution in [1.82, 2.24) is 10.0 Å². The summed E-state index contributed by atoms with van der Waals surface area (Å²) >= 11 is 0.